The van der Waals surface area contributed by atoms with Crippen molar-refractivity contribution in [1.29, 1.82) is 0 Å². The van der Waals surface area contributed by atoms with Crippen LogP contribution in [-0.2, 0) is 4.79 Å². The van der Waals surface area contributed by atoms with Gasteiger partial charge in [0.15, 0.2) is 0 Å². The normalized spacial score (nSPS) is 33.4. The minimum Gasteiger partial charge on any atom is -0.481 e. The van der Waals surface area contributed by atoms with Crippen LogP contribution in [0.15, 0.2) is 0 Å². The second-order valence-corrected chi connectivity index (χ2v) is 3.87. The molecule has 0 spiro atoms. The molecule has 64 valence electrons. The molecule has 1 fully saturated rings. The van der Waals surface area contributed by atoms with Crippen LogP contribution in [0.2, 0.25) is 0 Å². The van der Waals surface area contributed by atoms with Crippen molar-refractivity contribution in [2.24, 2.45) is 23.0 Å². The van der Waals surface area contributed by atoms with Gasteiger partial charge in [0.25, 0.3) is 0 Å². The van der Waals surface area contributed by atoms with Crippen LogP contribution in [0.4, 0.5) is 0 Å². The van der Waals surface area contributed by atoms with E-state index in [1.54, 1.807) is 0 Å². The zero-order chi connectivity index (χ0) is 8.65. The van der Waals surface area contributed by atoms with Crippen molar-refractivity contribution in [2.45, 2.75) is 20.3 Å². The summed E-state index contributed by atoms with van der Waals surface area (Å²) < 4.78 is 0. The number of hydrogen-bond donors (Lipinski definition) is 2. The lowest BCUT2D eigenvalue weighted by molar-refractivity contribution is -0.137. The highest BCUT2D eigenvalue weighted by Crippen LogP contribution is 2.59. The van der Waals surface area contributed by atoms with Crippen LogP contribution in [0.25, 0.3) is 0 Å². The number of carbonyl (C=O) groups is 1. The standard InChI is InChI=1S/C8H15NO2/c1-8(2)5(3-7(10)11)6(8)4-9/h5-6H,3-4,9H2,1-2H3,(H,10,11)/t5-,6+/m0/s1. The largest absolute Gasteiger partial charge is 0.481 e. The van der Waals surface area contributed by atoms with Crippen molar-refractivity contribution in [2.75, 3.05) is 6.54 Å². The molecular weight excluding hydrogens is 142 g/mol. The van der Waals surface area contributed by atoms with E-state index in [-0.39, 0.29) is 11.8 Å². The van der Waals surface area contributed by atoms with E-state index in [1.165, 1.54) is 0 Å². The van der Waals surface area contributed by atoms with Gasteiger partial charge in [-0.15, -0.1) is 0 Å². The molecule has 1 aliphatic rings. The number of nitrogens with two attached hydrogens (primary N) is 1. The molecule has 0 aromatic rings. The van der Waals surface area contributed by atoms with Gasteiger partial charge >= 0.3 is 5.97 Å². The Morgan fingerprint density at radius 1 is 1.55 bits per heavy atom. The molecule has 0 bridgehead atoms. The number of carboxylic acid groups (broad SMARTS) is 1. The summed E-state index contributed by atoms with van der Waals surface area (Å²) in [6, 6.07) is 0. The fraction of sp³-hybridized carbons (Fsp3) is 0.875. The second kappa shape index (κ2) is 2.48. The van der Waals surface area contributed by atoms with E-state index in [4.69, 9.17) is 10.8 Å². The van der Waals surface area contributed by atoms with Crippen molar-refractivity contribution in [3.05, 3.63) is 0 Å². The summed E-state index contributed by atoms with van der Waals surface area (Å²) in [6.07, 6.45) is 0.273. The third kappa shape index (κ3) is 1.38. The van der Waals surface area contributed by atoms with Gasteiger partial charge in [0.1, 0.15) is 0 Å². The van der Waals surface area contributed by atoms with Crippen LogP contribution in [-0.4, -0.2) is 17.6 Å². The molecule has 11 heavy (non-hydrogen) atoms. The van der Waals surface area contributed by atoms with Crippen LogP contribution in [0.1, 0.15) is 20.3 Å². The van der Waals surface area contributed by atoms with Gasteiger partial charge in [0.05, 0.1) is 0 Å². The van der Waals surface area contributed by atoms with Gasteiger partial charge in [-0.05, 0) is 23.8 Å². The van der Waals surface area contributed by atoms with Crippen molar-refractivity contribution in [3.8, 4) is 0 Å². The summed E-state index contributed by atoms with van der Waals surface area (Å²) in [5.41, 5.74) is 5.64. The number of rotatable bonds is 3. The van der Waals surface area contributed by atoms with Crippen molar-refractivity contribution in [3.63, 3.8) is 0 Å². The first kappa shape index (κ1) is 8.53. The molecule has 0 amide bonds. The minimum atomic E-state index is -0.709. The van der Waals surface area contributed by atoms with Crippen molar-refractivity contribution in [1.82, 2.24) is 0 Å². The first-order valence-electron chi connectivity index (χ1n) is 3.92. The number of hydrogen-bond acceptors (Lipinski definition) is 2. The fourth-order valence-electron chi connectivity index (χ4n) is 1.92. The van der Waals surface area contributed by atoms with E-state index >= 15 is 0 Å². The minimum absolute atomic E-state index is 0.160. The van der Waals surface area contributed by atoms with E-state index in [2.05, 4.69) is 13.8 Å². The lowest BCUT2D eigenvalue weighted by atomic mass is 10.1. The summed E-state index contributed by atoms with van der Waals surface area (Å²) >= 11 is 0. The topological polar surface area (TPSA) is 63.3 Å². The van der Waals surface area contributed by atoms with E-state index in [0.29, 0.717) is 18.4 Å². The van der Waals surface area contributed by atoms with E-state index in [9.17, 15) is 4.79 Å². The Bertz CT molecular complexity index is 177. The molecule has 0 heterocycles. The zero-order valence-corrected chi connectivity index (χ0v) is 7.00. The number of carboxylic acids is 1. The summed E-state index contributed by atoms with van der Waals surface area (Å²) in [6.45, 7) is 4.78. The van der Waals surface area contributed by atoms with E-state index < -0.39 is 5.97 Å². The smallest absolute Gasteiger partial charge is 0.303 e. The predicted octanol–water partition coefficient (Wildman–Crippen LogP) is 0.692. The summed E-state index contributed by atoms with van der Waals surface area (Å²) in [5, 5.41) is 8.53. The molecule has 2 atom stereocenters. The highest BCUT2D eigenvalue weighted by Gasteiger charge is 2.56. The van der Waals surface area contributed by atoms with Crippen LogP contribution in [0.5, 0.6) is 0 Å². The maximum atomic E-state index is 10.4. The Labute approximate surface area is 66.6 Å². The molecular formula is C8H15NO2. The maximum Gasteiger partial charge on any atom is 0.303 e. The van der Waals surface area contributed by atoms with Gasteiger partial charge < -0.3 is 10.8 Å². The summed E-state index contributed by atoms with van der Waals surface area (Å²) in [7, 11) is 0. The molecule has 0 aliphatic heterocycles. The van der Waals surface area contributed by atoms with Crippen LogP contribution in [0.3, 0.4) is 0 Å². The molecule has 0 aromatic carbocycles. The highest BCUT2D eigenvalue weighted by atomic mass is 16.4. The van der Waals surface area contributed by atoms with Crippen molar-refractivity contribution >= 4 is 5.97 Å². The zero-order valence-electron chi connectivity index (χ0n) is 7.00. The number of aliphatic carboxylic acids is 1. The monoisotopic (exact) mass is 157 g/mol. The Kier molecular flexibility index (Phi) is 1.92. The van der Waals surface area contributed by atoms with Gasteiger partial charge in [0, 0.05) is 6.42 Å². The van der Waals surface area contributed by atoms with Gasteiger partial charge in [-0.3, -0.25) is 4.79 Å². The maximum absolute atomic E-state index is 10.4. The Hall–Kier alpha value is -0.570. The van der Waals surface area contributed by atoms with Gasteiger partial charge in [-0.2, -0.15) is 0 Å². The first-order chi connectivity index (χ1) is 5.00. The quantitative estimate of drug-likeness (QED) is 0.633. The van der Waals surface area contributed by atoms with Crippen LogP contribution >= 0.6 is 0 Å². The summed E-state index contributed by atoms with van der Waals surface area (Å²) in [4.78, 5) is 10.4. The molecule has 0 aromatic heterocycles. The molecule has 0 unspecified atom stereocenters. The lowest BCUT2D eigenvalue weighted by Crippen LogP contribution is -2.05. The lowest BCUT2D eigenvalue weighted by Gasteiger charge is -1.98. The third-order valence-electron chi connectivity index (χ3n) is 2.94. The van der Waals surface area contributed by atoms with Crippen LogP contribution in [0, 0.1) is 17.3 Å². The Morgan fingerprint density at radius 3 is 2.36 bits per heavy atom. The molecule has 3 nitrogen and oxygen atoms in total. The molecule has 1 rings (SSSR count). The Balaban J connectivity index is 2.46. The van der Waals surface area contributed by atoms with Gasteiger partial charge in [0.2, 0.25) is 0 Å². The fourth-order valence-corrected chi connectivity index (χ4v) is 1.92. The average Bonchev–Trinajstić information content (AvgIpc) is 2.33. The van der Waals surface area contributed by atoms with Crippen molar-refractivity contribution < 1.29 is 9.90 Å². The Morgan fingerprint density at radius 2 is 2.09 bits per heavy atom. The predicted molar refractivity (Wildman–Crippen MR) is 42.1 cm³/mol. The molecule has 1 saturated carbocycles. The second-order valence-electron chi connectivity index (χ2n) is 3.87. The highest BCUT2D eigenvalue weighted by molar-refractivity contribution is 5.67. The molecule has 0 radical (unpaired) electrons. The average molecular weight is 157 g/mol. The van der Waals surface area contributed by atoms with E-state index in [1.807, 2.05) is 0 Å². The van der Waals surface area contributed by atoms with Gasteiger partial charge in [-0.25, -0.2) is 0 Å². The molecule has 0 saturated heterocycles. The van der Waals surface area contributed by atoms with Gasteiger partial charge in [-0.1, -0.05) is 13.8 Å². The molecule has 1 aliphatic carbocycles. The third-order valence-corrected chi connectivity index (χ3v) is 2.94. The summed E-state index contributed by atoms with van der Waals surface area (Å²) in [5.74, 6) is 0.00243. The SMILES string of the molecule is CC1(C)[C@H](CN)[C@@H]1CC(=O)O. The molecule has 3 N–H and O–H groups in total. The first-order valence-corrected chi connectivity index (χ1v) is 3.92. The van der Waals surface area contributed by atoms with Crippen LogP contribution < -0.4 is 5.73 Å². The van der Waals surface area contributed by atoms with E-state index in [0.717, 1.165) is 0 Å². The molecule has 3 heteroatoms.